The second kappa shape index (κ2) is 4.93. The van der Waals surface area contributed by atoms with Crippen LogP contribution in [-0.4, -0.2) is 28.8 Å². The number of nitrogens with one attached hydrogen (secondary N) is 1. The molecule has 2 atom stereocenters. The van der Waals surface area contributed by atoms with Crippen LogP contribution in [0.2, 0.25) is 0 Å². The van der Waals surface area contributed by atoms with Crippen molar-refractivity contribution in [3.63, 3.8) is 0 Å². The highest BCUT2D eigenvalue weighted by Crippen LogP contribution is 2.28. The van der Waals surface area contributed by atoms with Gasteiger partial charge in [-0.05, 0) is 50.8 Å². The molecule has 2 amide bonds. The number of amides is 2. The van der Waals surface area contributed by atoms with Crippen molar-refractivity contribution in [3.05, 3.63) is 29.3 Å². The zero-order valence-electron chi connectivity index (χ0n) is 12.0. The van der Waals surface area contributed by atoms with Gasteiger partial charge in [-0.1, -0.05) is 6.07 Å². The zero-order valence-corrected chi connectivity index (χ0v) is 12.0. The van der Waals surface area contributed by atoms with Gasteiger partial charge >= 0.3 is 0 Å². The maximum Gasteiger partial charge on any atom is 0.254 e. The largest absolute Gasteiger partial charge is 0.333 e. The smallest absolute Gasteiger partial charge is 0.254 e. The van der Waals surface area contributed by atoms with Crippen molar-refractivity contribution in [3.8, 4) is 0 Å². The van der Waals surface area contributed by atoms with Crippen LogP contribution in [0.1, 0.15) is 49.0 Å². The number of rotatable bonds is 1. The molecule has 0 saturated carbocycles. The van der Waals surface area contributed by atoms with Crippen molar-refractivity contribution < 1.29 is 9.59 Å². The van der Waals surface area contributed by atoms with E-state index in [9.17, 15) is 9.59 Å². The highest BCUT2D eigenvalue weighted by Gasteiger charge is 2.30. The Balaban J connectivity index is 1.87. The zero-order chi connectivity index (χ0) is 14.3. The fourth-order valence-electron chi connectivity index (χ4n) is 3.32. The molecule has 0 spiro atoms. The first-order valence-corrected chi connectivity index (χ1v) is 7.31. The van der Waals surface area contributed by atoms with Gasteiger partial charge in [0.2, 0.25) is 5.91 Å². The second-order valence-corrected chi connectivity index (χ2v) is 5.94. The van der Waals surface area contributed by atoms with Crippen LogP contribution in [0.4, 0.5) is 5.69 Å². The van der Waals surface area contributed by atoms with Crippen molar-refractivity contribution in [2.24, 2.45) is 0 Å². The van der Waals surface area contributed by atoms with Crippen molar-refractivity contribution in [1.29, 1.82) is 0 Å². The molecule has 2 heterocycles. The van der Waals surface area contributed by atoms with Gasteiger partial charge in [0.05, 0.1) is 6.42 Å². The summed E-state index contributed by atoms with van der Waals surface area (Å²) in [4.78, 5) is 26.1. The van der Waals surface area contributed by atoms with Gasteiger partial charge in [-0.3, -0.25) is 9.59 Å². The highest BCUT2D eigenvalue weighted by atomic mass is 16.2. The lowest BCUT2D eigenvalue weighted by Crippen LogP contribution is -2.47. The van der Waals surface area contributed by atoms with E-state index in [0.717, 1.165) is 24.1 Å². The third kappa shape index (κ3) is 2.19. The number of hydrogen-bond acceptors (Lipinski definition) is 2. The number of anilines is 1. The maximum atomic E-state index is 12.7. The van der Waals surface area contributed by atoms with E-state index in [-0.39, 0.29) is 23.9 Å². The summed E-state index contributed by atoms with van der Waals surface area (Å²) in [5.74, 6) is 0.0814. The molecule has 2 aliphatic heterocycles. The Morgan fingerprint density at radius 1 is 1.25 bits per heavy atom. The Hall–Kier alpha value is -1.84. The van der Waals surface area contributed by atoms with E-state index < -0.39 is 0 Å². The van der Waals surface area contributed by atoms with Crippen molar-refractivity contribution in [2.45, 2.75) is 51.6 Å². The van der Waals surface area contributed by atoms with Crippen LogP contribution in [-0.2, 0) is 11.2 Å². The first-order valence-electron chi connectivity index (χ1n) is 7.31. The highest BCUT2D eigenvalue weighted by molar-refractivity contribution is 6.02. The van der Waals surface area contributed by atoms with E-state index >= 15 is 0 Å². The lowest BCUT2D eigenvalue weighted by molar-refractivity contribution is -0.115. The molecule has 1 N–H and O–H groups in total. The summed E-state index contributed by atoms with van der Waals surface area (Å²) in [7, 11) is 0. The van der Waals surface area contributed by atoms with E-state index in [0.29, 0.717) is 12.0 Å². The Morgan fingerprint density at radius 2 is 1.95 bits per heavy atom. The Labute approximate surface area is 119 Å². The second-order valence-electron chi connectivity index (χ2n) is 5.94. The summed E-state index contributed by atoms with van der Waals surface area (Å²) < 4.78 is 0. The molecule has 2 aliphatic rings. The average molecular weight is 272 g/mol. The SMILES string of the molecule is C[C@@H]1CCC[C@H](C)N1C(=O)c1ccc2c(c1)NC(=O)C2. The summed E-state index contributed by atoms with van der Waals surface area (Å²) in [6, 6.07) is 6.12. The Morgan fingerprint density at radius 3 is 2.65 bits per heavy atom. The minimum atomic E-state index is 0.00399. The van der Waals surface area contributed by atoms with Crippen LogP contribution in [0.5, 0.6) is 0 Å². The van der Waals surface area contributed by atoms with Crippen LogP contribution in [0.3, 0.4) is 0 Å². The fourth-order valence-corrected chi connectivity index (χ4v) is 3.32. The molecule has 1 saturated heterocycles. The van der Waals surface area contributed by atoms with E-state index in [1.54, 1.807) is 0 Å². The molecule has 0 aliphatic carbocycles. The molecule has 106 valence electrons. The molecule has 1 aromatic rings. The van der Waals surface area contributed by atoms with Gasteiger partial charge in [0.1, 0.15) is 0 Å². The predicted molar refractivity (Wildman–Crippen MR) is 77.7 cm³/mol. The summed E-state index contributed by atoms with van der Waals surface area (Å²) in [5.41, 5.74) is 2.44. The van der Waals surface area contributed by atoms with Gasteiger partial charge in [0.15, 0.2) is 0 Å². The molecule has 4 nitrogen and oxygen atoms in total. The maximum absolute atomic E-state index is 12.7. The van der Waals surface area contributed by atoms with Gasteiger partial charge in [0.25, 0.3) is 5.91 Å². The number of hydrogen-bond donors (Lipinski definition) is 1. The monoisotopic (exact) mass is 272 g/mol. The summed E-state index contributed by atoms with van der Waals surface area (Å²) >= 11 is 0. The van der Waals surface area contributed by atoms with Gasteiger partial charge in [-0.2, -0.15) is 0 Å². The lowest BCUT2D eigenvalue weighted by atomic mass is 9.96. The third-order valence-electron chi connectivity index (χ3n) is 4.41. The van der Waals surface area contributed by atoms with Gasteiger partial charge in [-0.25, -0.2) is 0 Å². The Bertz CT molecular complexity index is 558. The van der Waals surface area contributed by atoms with Crippen LogP contribution in [0.15, 0.2) is 18.2 Å². The lowest BCUT2D eigenvalue weighted by Gasteiger charge is -2.39. The van der Waals surface area contributed by atoms with Gasteiger partial charge < -0.3 is 10.2 Å². The summed E-state index contributed by atoms with van der Waals surface area (Å²) in [6.45, 7) is 4.23. The molecule has 0 unspecified atom stereocenters. The molecule has 0 bridgehead atoms. The van der Waals surface area contributed by atoms with Crippen LogP contribution in [0, 0.1) is 0 Å². The van der Waals surface area contributed by atoms with Gasteiger partial charge in [-0.15, -0.1) is 0 Å². The third-order valence-corrected chi connectivity index (χ3v) is 4.41. The van der Waals surface area contributed by atoms with Crippen LogP contribution in [0.25, 0.3) is 0 Å². The minimum absolute atomic E-state index is 0.00399. The van der Waals surface area contributed by atoms with E-state index in [1.165, 1.54) is 6.42 Å². The van der Waals surface area contributed by atoms with Crippen molar-refractivity contribution >= 4 is 17.5 Å². The van der Waals surface area contributed by atoms with Crippen molar-refractivity contribution in [2.75, 3.05) is 5.32 Å². The fraction of sp³-hybridized carbons (Fsp3) is 0.500. The molecule has 20 heavy (non-hydrogen) atoms. The Kier molecular flexibility index (Phi) is 3.24. The minimum Gasteiger partial charge on any atom is -0.333 e. The van der Waals surface area contributed by atoms with Crippen molar-refractivity contribution in [1.82, 2.24) is 4.90 Å². The number of fused-ring (bicyclic) bond motifs is 1. The van der Waals surface area contributed by atoms with Gasteiger partial charge in [0, 0.05) is 23.3 Å². The topological polar surface area (TPSA) is 49.4 Å². The van der Waals surface area contributed by atoms with E-state index in [2.05, 4.69) is 19.2 Å². The molecule has 4 heteroatoms. The first-order chi connectivity index (χ1) is 9.56. The first kappa shape index (κ1) is 13.2. The molecule has 1 aromatic carbocycles. The quantitative estimate of drug-likeness (QED) is 0.854. The molecule has 0 radical (unpaired) electrons. The van der Waals surface area contributed by atoms with E-state index in [1.807, 2.05) is 23.1 Å². The predicted octanol–water partition coefficient (Wildman–Crippen LogP) is 2.58. The average Bonchev–Trinajstić information content (AvgIpc) is 2.77. The van der Waals surface area contributed by atoms with Crippen LogP contribution >= 0.6 is 0 Å². The normalized spacial score (nSPS) is 25.3. The molecular weight excluding hydrogens is 252 g/mol. The molecule has 0 aromatic heterocycles. The number of carbonyl (C=O) groups excluding carboxylic acids is 2. The molecular formula is C16H20N2O2. The number of carbonyl (C=O) groups is 2. The van der Waals surface area contributed by atoms with Crippen LogP contribution < -0.4 is 5.32 Å². The summed E-state index contributed by atoms with van der Waals surface area (Å²) in [5, 5.41) is 2.81. The molecule has 3 rings (SSSR count). The number of nitrogens with zero attached hydrogens (tertiary/aromatic N) is 1. The number of likely N-dealkylation sites (tertiary alicyclic amines) is 1. The number of benzene rings is 1. The molecule has 1 fully saturated rings. The van der Waals surface area contributed by atoms with E-state index in [4.69, 9.17) is 0 Å². The standard InChI is InChI=1S/C16H20N2O2/c1-10-4-3-5-11(2)18(10)16(20)13-7-6-12-9-15(19)17-14(12)8-13/h6-8,10-11H,3-5,9H2,1-2H3,(H,17,19)/t10-,11+. The summed E-state index contributed by atoms with van der Waals surface area (Å²) in [6.07, 6.45) is 3.74. The number of piperidine rings is 1.